The largest absolute Gasteiger partial charge is 0.480 e. The first-order chi connectivity index (χ1) is 9.44. The van der Waals surface area contributed by atoms with E-state index in [1.807, 2.05) is 13.8 Å². The number of rotatable bonds is 4. The molecule has 0 saturated carbocycles. The summed E-state index contributed by atoms with van der Waals surface area (Å²) >= 11 is 0. The average Bonchev–Trinajstić information content (AvgIpc) is 2.89. The number of carbonyl (C=O) groups excluding carboxylic acids is 1. The van der Waals surface area contributed by atoms with Gasteiger partial charge in [0.1, 0.15) is 11.2 Å². The lowest BCUT2D eigenvalue weighted by molar-refractivity contribution is -0.148. The van der Waals surface area contributed by atoms with Gasteiger partial charge >= 0.3 is 5.97 Å². The molecule has 20 heavy (non-hydrogen) atoms. The highest BCUT2D eigenvalue weighted by molar-refractivity contribution is 5.96. The van der Waals surface area contributed by atoms with Gasteiger partial charge < -0.3 is 15.2 Å². The van der Waals surface area contributed by atoms with Crippen LogP contribution in [-0.2, 0) is 9.53 Å². The Morgan fingerprint density at radius 1 is 1.45 bits per heavy atom. The maximum atomic E-state index is 12.2. The van der Waals surface area contributed by atoms with E-state index in [1.54, 1.807) is 16.9 Å². The van der Waals surface area contributed by atoms with Gasteiger partial charge in [-0.05, 0) is 19.9 Å². The number of aromatic nitrogens is 2. The number of hydrogen-bond acceptors (Lipinski definition) is 4. The zero-order valence-corrected chi connectivity index (χ0v) is 11.6. The minimum absolute atomic E-state index is 0.146. The molecule has 0 bridgehead atoms. The third kappa shape index (κ3) is 2.82. The zero-order chi connectivity index (χ0) is 14.8. The first-order valence-corrected chi connectivity index (χ1v) is 6.63. The highest BCUT2D eigenvalue weighted by Crippen LogP contribution is 2.21. The van der Waals surface area contributed by atoms with E-state index in [4.69, 9.17) is 4.74 Å². The Morgan fingerprint density at radius 3 is 2.60 bits per heavy atom. The Hall–Kier alpha value is -1.89. The van der Waals surface area contributed by atoms with E-state index in [0.717, 1.165) is 0 Å². The Balaban J connectivity index is 2.13. The summed E-state index contributed by atoms with van der Waals surface area (Å²) in [4.78, 5) is 23.6. The molecule has 1 fully saturated rings. The molecule has 0 atom stereocenters. The van der Waals surface area contributed by atoms with Crippen molar-refractivity contribution in [1.29, 1.82) is 0 Å². The quantitative estimate of drug-likeness (QED) is 0.852. The molecule has 0 spiro atoms. The summed E-state index contributed by atoms with van der Waals surface area (Å²) in [5.41, 5.74) is -1.03. The molecule has 2 rings (SSSR count). The second-order valence-corrected chi connectivity index (χ2v) is 5.23. The molecule has 0 unspecified atom stereocenters. The van der Waals surface area contributed by atoms with Crippen LogP contribution in [0.3, 0.4) is 0 Å². The zero-order valence-electron chi connectivity index (χ0n) is 11.6. The van der Waals surface area contributed by atoms with Crippen molar-refractivity contribution >= 4 is 11.9 Å². The second-order valence-electron chi connectivity index (χ2n) is 5.23. The van der Waals surface area contributed by atoms with Crippen LogP contribution >= 0.6 is 0 Å². The Labute approximate surface area is 116 Å². The number of nitrogens with one attached hydrogen (secondary N) is 1. The lowest BCUT2D eigenvalue weighted by Gasteiger charge is -2.33. The molecule has 1 aliphatic heterocycles. The second kappa shape index (κ2) is 5.62. The summed E-state index contributed by atoms with van der Waals surface area (Å²) in [6.45, 7) is 4.55. The minimum Gasteiger partial charge on any atom is -0.480 e. The van der Waals surface area contributed by atoms with E-state index in [-0.39, 0.29) is 24.6 Å². The molecule has 2 N–H and O–H groups in total. The van der Waals surface area contributed by atoms with Crippen molar-refractivity contribution in [1.82, 2.24) is 15.1 Å². The third-order valence-corrected chi connectivity index (χ3v) is 3.48. The SMILES string of the molecule is CC(C)n1ccc(C(=O)NC2(C(=O)O)CCOCC2)n1. The Morgan fingerprint density at radius 2 is 2.10 bits per heavy atom. The monoisotopic (exact) mass is 281 g/mol. The van der Waals surface area contributed by atoms with Gasteiger partial charge in [0, 0.05) is 38.3 Å². The number of carbonyl (C=O) groups is 2. The fraction of sp³-hybridized carbons (Fsp3) is 0.615. The van der Waals surface area contributed by atoms with Crippen LogP contribution < -0.4 is 5.32 Å². The van der Waals surface area contributed by atoms with Crippen LogP contribution in [0.1, 0.15) is 43.2 Å². The molecule has 0 aromatic carbocycles. The summed E-state index contributed by atoms with van der Waals surface area (Å²) in [7, 11) is 0. The van der Waals surface area contributed by atoms with Crippen molar-refractivity contribution in [3.63, 3.8) is 0 Å². The molecule has 7 nitrogen and oxygen atoms in total. The summed E-state index contributed by atoms with van der Waals surface area (Å²) < 4.78 is 6.82. The van der Waals surface area contributed by atoms with Crippen LogP contribution in [0.25, 0.3) is 0 Å². The van der Waals surface area contributed by atoms with Gasteiger partial charge in [-0.3, -0.25) is 9.48 Å². The van der Waals surface area contributed by atoms with Crippen LogP contribution in [0.4, 0.5) is 0 Å². The molecule has 110 valence electrons. The molecule has 1 saturated heterocycles. The van der Waals surface area contributed by atoms with E-state index < -0.39 is 17.4 Å². The van der Waals surface area contributed by atoms with Crippen molar-refractivity contribution in [3.8, 4) is 0 Å². The molecule has 1 aromatic rings. The van der Waals surface area contributed by atoms with E-state index >= 15 is 0 Å². The van der Waals surface area contributed by atoms with Crippen molar-refractivity contribution in [3.05, 3.63) is 18.0 Å². The smallest absolute Gasteiger partial charge is 0.329 e. The van der Waals surface area contributed by atoms with E-state index in [9.17, 15) is 14.7 Å². The Bertz CT molecular complexity index is 503. The van der Waals surface area contributed by atoms with Gasteiger partial charge in [0.05, 0.1) is 0 Å². The molecule has 0 radical (unpaired) electrons. The average molecular weight is 281 g/mol. The molecular formula is C13H19N3O4. The highest BCUT2D eigenvalue weighted by Gasteiger charge is 2.42. The van der Waals surface area contributed by atoms with Crippen molar-refractivity contribution in [2.75, 3.05) is 13.2 Å². The van der Waals surface area contributed by atoms with Crippen LogP contribution in [0.2, 0.25) is 0 Å². The molecule has 1 aromatic heterocycles. The number of ether oxygens (including phenoxy) is 1. The van der Waals surface area contributed by atoms with Gasteiger partial charge in [-0.15, -0.1) is 0 Å². The summed E-state index contributed by atoms with van der Waals surface area (Å²) in [6, 6.07) is 1.73. The topological polar surface area (TPSA) is 93.5 Å². The molecule has 2 heterocycles. The first-order valence-electron chi connectivity index (χ1n) is 6.63. The summed E-state index contributed by atoms with van der Waals surface area (Å²) in [6.07, 6.45) is 2.23. The van der Waals surface area contributed by atoms with Crippen LogP contribution in [-0.4, -0.2) is 45.5 Å². The van der Waals surface area contributed by atoms with E-state index in [2.05, 4.69) is 10.4 Å². The minimum atomic E-state index is -1.25. The van der Waals surface area contributed by atoms with E-state index in [1.165, 1.54) is 0 Å². The van der Waals surface area contributed by atoms with Crippen LogP contribution in [0, 0.1) is 0 Å². The number of nitrogens with zero attached hydrogens (tertiary/aromatic N) is 2. The fourth-order valence-electron chi connectivity index (χ4n) is 2.14. The molecule has 7 heteroatoms. The first kappa shape index (κ1) is 14.5. The van der Waals surface area contributed by atoms with Gasteiger partial charge in [0.15, 0.2) is 0 Å². The number of carboxylic acid groups (broad SMARTS) is 1. The number of carboxylic acids is 1. The number of aliphatic carboxylic acids is 1. The van der Waals surface area contributed by atoms with E-state index in [0.29, 0.717) is 13.2 Å². The van der Waals surface area contributed by atoms with Gasteiger partial charge in [-0.2, -0.15) is 5.10 Å². The predicted molar refractivity (Wildman–Crippen MR) is 70.5 cm³/mol. The lowest BCUT2D eigenvalue weighted by Crippen LogP contribution is -2.57. The molecule has 1 amide bonds. The number of amides is 1. The maximum Gasteiger partial charge on any atom is 0.329 e. The van der Waals surface area contributed by atoms with Gasteiger partial charge in [0.2, 0.25) is 0 Å². The lowest BCUT2D eigenvalue weighted by atomic mass is 9.90. The maximum absolute atomic E-state index is 12.2. The fourth-order valence-corrected chi connectivity index (χ4v) is 2.14. The Kier molecular flexibility index (Phi) is 4.08. The molecular weight excluding hydrogens is 262 g/mol. The standard InChI is InChI=1S/C13H19N3O4/c1-9(2)16-6-3-10(15-16)11(17)14-13(12(18)19)4-7-20-8-5-13/h3,6,9H,4-5,7-8H2,1-2H3,(H,14,17)(H,18,19). The van der Waals surface area contributed by atoms with Crippen LogP contribution in [0.15, 0.2) is 12.3 Å². The molecule has 0 aliphatic carbocycles. The summed E-state index contributed by atoms with van der Waals surface area (Å²) in [5, 5.41) is 16.1. The van der Waals surface area contributed by atoms with Crippen molar-refractivity contribution < 1.29 is 19.4 Å². The van der Waals surface area contributed by atoms with Gasteiger partial charge in [-0.1, -0.05) is 0 Å². The number of hydrogen-bond donors (Lipinski definition) is 2. The van der Waals surface area contributed by atoms with Crippen molar-refractivity contribution in [2.24, 2.45) is 0 Å². The highest BCUT2D eigenvalue weighted by atomic mass is 16.5. The summed E-state index contributed by atoms with van der Waals surface area (Å²) in [5.74, 6) is -1.49. The third-order valence-electron chi connectivity index (χ3n) is 3.48. The van der Waals surface area contributed by atoms with Gasteiger partial charge in [-0.25, -0.2) is 4.79 Å². The molecule has 1 aliphatic rings. The predicted octanol–water partition coefficient (Wildman–Crippen LogP) is 0.828. The normalized spacial score (nSPS) is 17.9. The van der Waals surface area contributed by atoms with Crippen molar-refractivity contribution in [2.45, 2.75) is 38.3 Å². The van der Waals surface area contributed by atoms with Gasteiger partial charge in [0.25, 0.3) is 5.91 Å². The van der Waals surface area contributed by atoms with Crippen LogP contribution in [0.5, 0.6) is 0 Å².